The van der Waals surface area contributed by atoms with Crippen LogP contribution in [0, 0.1) is 6.92 Å². The van der Waals surface area contributed by atoms with Crippen molar-refractivity contribution >= 4 is 22.6 Å². The molecule has 1 N–H and O–H groups in total. The first kappa shape index (κ1) is 27.1. The van der Waals surface area contributed by atoms with Crippen molar-refractivity contribution in [2.45, 2.75) is 45.3 Å². The van der Waals surface area contributed by atoms with Crippen molar-refractivity contribution in [2.75, 3.05) is 39.5 Å². The molecule has 1 atom stereocenters. The minimum atomic E-state index is -0.814. The molecule has 0 bridgehead atoms. The first-order chi connectivity index (χ1) is 19.0. The SMILES string of the molecule is CCCCOC(=O)CC1(CN2CCOCC2)C=C(c2ccc(OCc3cc(C)nc4ccccc34)cc2)NO1. The Morgan fingerprint density at radius 2 is 1.92 bits per heavy atom. The lowest BCUT2D eigenvalue weighted by Gasteiger charge is -2.34. The van der Waals surface area contributed by atoms with Crippen molar-refractivity contribution in [3.63, 3.8) is 0 Å². The second kappa shape index (κ2) is 12.6. The predicted octanol–water partition coefficient (Wildman–Crippen LogP) is 4.80. The van der Waals surface area contributed by atoms with E-state index in [4.69, 9.17) is 19.0 Å². The molecule has 1 unspecified atom stereocenters. The van der Waals surface area contributed by atoms with E-state index in [0.717, 1.165) is 65.1 Å². The topological polar surface area (TPSA) is 82.2 Å². The Morgan fingerprint density at radius 1 is 1.13 bits per heavy atom. The van der Waals surface area contributed by atoms with Gasteiger partial charge in [-0.2, -0.15) is 0 Å². The van der Waals surface area contributed by atoms with E-state index in [1.54, 1.807) is 0 Å². The number of hydrogen-bond donors (Lipinski definition) is 1. The first-order valence-electron chi connectivity index (χ1n) is 13.7. The summed E-state index contributed by atoms with van der Waals surface area (Å²) >= 11 is 0. The van der Waals surface area contributed by atoms with Crippen LogP contribution >= 0.6 is 0 Å². The number of fused-ring (bicyclic) bond motifs is 1. The number of ether oxygens (including phenoxy) is 3. The summed E-state index contributed by atoms with van der Waals surface area (Å²) in [5, 5.41) is 1.10. The lowest BCUT2D eigenvalue weighted by atomic mass is 9.96. The molecule has 1 saturated heterocycles. The van der Waals surface area contributed by atoms with Gasteiger partial charge in [0.2, 0.25) is 0 Å². The molecular weight excluding hydrogens is 494 g/mol. The predicted molar refractivity (Wildman–Crippen MR) is 150 cm³/mol. The Balaban J connectivity index is 1.28. The zero-order chi connectivity index (χ0) is 27.1. The quantitative estimate of drug-likeness (QED) is 0.279. The molecule has 3 aromatic rings. The molecule has 2 aliphatic rings. The lowest BCUT2D eigenvalue weighted by Crippen LogP contribution is -2.48. The smallest absolute Gasteiger partial charge is 0.309 e. The number of unbranched alkanes of at least 4 members (excludes halogenated alkanes) is 1. The molecule has 5 rings (SSSR count). The molecular formula is C31H37N3O5. The number of esters is 1. The number of aromatic nitrogens is 1. The highest BCUT2D eigenvalue weighted by Gasteiger charge is 2.40. The third kappa shape index (κ3) is 6.95. The molecule has 8 heteroatoms. The van der Waals surface area contributed by atoms with Gasteiger partial charge in [-0.25, -0.2) is 0 Å². The van der Waals surface area contributed by atoms with Crippen molar-refractivity contribution in [2.24, 2.45) is 0 Å². The average molecular weight is 532 g/mol. The maximum atomic E-state index is 12.7. The average Bonchev–Trinajstić information content (AvgIpc) is 3.35. The summed E-state index contributed by atoms with van der Waals surface area (Å²) in [6.45, 7) is 8.50. The van der Waals surface area contributed by atoms with Gasteiger partial charge >= 0.3 is 5.97 Å². The highest BCUT2D eigenvalue weighted by atomic mass is 16.7. The Morgan fingerprint density at radius 3 is 2.72 bits per heavy atom. The van der Waals surface area contributed by atoms with Gasteiger partial charge in [-0.3, -0.25) is 25.0 Å². The van der Waals surface area contributed by atoms with E-state index >= 15 is 0 Å². The number of hydroxylamine groups is 1. The molecule has 2 aromatic carbocycles. The van der Waals surface area contributed by atoms with Crippen LogP contribution in [-0.4, -0.2) is 60.9 Å². The molecule has 39 heavy (non-hydrogen) atoms. The maximum Gasteiger partial charge on any atom is 0.309 e. The third-order valence-corrected chi connectivity index (χ3v) is 7.06. The highest BCUT2D eigenvalue weighted by molar-refractivity contribution is 5.82. The summed E-state index contributed by atoms with van der Waals surface area (Å²) in [5.74, 6) is 0.523. The Hall–Kier alpha value is -3.46. The zero-order valence-electron chi connectivity index (χ0n) is 22.8. The molecule has 2 aliphatic heterocycles. The fourth-order valence-corrected chi connectivity index (χ4v) is 5.01. The minimum absolute atomic E-state index is 0.144. The first-order valence-corrected chi connectivity index (χ1v) is 13.7. The molecule has 3 heterocycles. The lowest BCUT2D eigenvalue weighted by molar-refractivity contribution is -0.152. The number of nitrogens with one attached hydrogen (secondary N) is 1. The van der Waals surface area contributed by atoms with E-state index in [2.05, 4.69) is 34.4 Å². The monoisotopic (exact) mass is 531 g/mol. The number of hydrogen-bond acceptors (Lipinski definition) is 8. The van der Waals surface area contributed by atoms with Crippen LogP contribution in [0.3, 0.4) is 0 Å². The molecule has 0 aliphatic carbocycles. The van der Waals surface area contributed by atoms with Gasteiger partial charge in [-0.1, -0.05) is 31.5 Å². The fourth-order valence-electron chi connectivity index (χ4n) is 5.01. The van der Waals surface area contributed by atoms with Gasteiger partial charge in [-0.05, 0) is 61.4 Å². The van der Waals surface area contributed by atoms with Crippen LogP contribution in [0.1, 0.15) is 43.0 Å². The largest absolute Gasteiger partial charge is 0.489 e. The van der Waals surface area contributed by atoms with Gasteiger partial charge < -0.3 is 14.2 Å². The Labute approximate surface area is 229 Å². The van der Waals surface area contributed by atoms with E-state index in [1.807, 2.05) is 55.5 Å². The van der Waals surface area contributed by atoms with Crippen LogP contribution in [0.25, 0.3) is 16.6 Å². The molecule has 8 nitrogen and oxygen atoms in total. The maximum absolute atomic E-state index is 12.7. The molecule has 0 radical (unpaired) electrons. The summed E-state index contributed by atoms with van der Waals surface area (Å²) in [7, 11) is 0. The van der Waals surface area contributed by atoms with Crippen molar-refractivity contribution in [3.8, 4) is 5.75 Å². The normalized spacial score (nSPS) is 19.5. The van der Waals surface area contributed by atoms with Gasteiger partial charge in [0.25, 0.3) is 0 Å². The van der Waals surface area contributed by atoms with E-state index in [0.29, 0.717) is 33.0 Å². The summed E-state index contributed by atoms with van der Waals surface area (Å²) in [5.41, 5.74) is 7.09. The fraction of sp³-hybridized carbons (Fsp3) is 0.419. The van der Waals surface area contributed by atoms with Crippen LogP contribution in [0.4, 0.5) is 0 Å². The highest BCUT2D eigenvalue weighted by Crippen LogP contribution is 2.31. The zero-order valence-corrected chi connectivity index (χ0v) is 22.8. The van der Waals surface area contributed by atoms with Gasteiger partial charge in [0.1, 0.15) is 18.0 Å². The van der Waals surface area contributed by atoms with E-state index in [-0.39, 0.29) is 12.4 Å². The summed E-state index contributed by atoms with van der Waals surface area (Å²) in [6.07, 6.45) is 4.00. The molecule has 0 saturated carbocycles. The molecule has 206 valence electrons. The molecule has 1 aromatic heterocycles. The van der Waals surface area contributed by atoms with Crippen molar-refractivity contribution in [3.05, 3.63) is 77.5 Å². The molecule has 0 spiro atoms. The van der Waals surface area contributed by atoms with E-state index in [1.165, 1.54) is 0 Å². The summed E-state index contributed by atoms with van der Waals surface area (Å²) < 4.78 is 17.1. The van der Waals surface area contributed by atoms with Gasteiger partial charge in [-0.15, -0.1) is 0 Å². The van der Waals surface area contributed by atoms with Crippen molar-refractivity contribution < 1.29 is 23.8 Å². The van der Waals surface area contributed by atoms with Crippen LogP contribution in [0.5, 0.6) is 5.75 Å². The third-order valence-electron chi connectivity index (χ3n) is 7.06. The molecule has 1 fully saturated rings. The van der Waals surface area contributed by atoms with Crippen LogP contribution in [-0.2, 0) is 25.7 Å². The number of carbonyl (C=O) groups is 1. The number of nitrogens with zero attached hydrogens (tertiary/aromatic N) is 2. The van der Waals surface area contributed by atoms with Crippen LogP contribution in [0.2, 0.25) is 0 Å². The summed E-state index contributed by atoms with van der Waals surface area (Å²) in [4.78, 5) is 25.7. The number of aryl methyl sites for hydroxylation is 1. The standard InChI is InChI=1S/C31H37N3O5/c1-3-4-15-37-30(35)20-31(22-34-13-16-36-17-14-34)19-29(33-39-31)24-9-11-26(12-10-24)38-21-25-18-23(2)32-28-8-6-5-7-27(25)28/h5-12,18-19,33H,3-4,13-17,20-22H2,1-2H3. The van der Waals surface area contributed by atoms with Gasteiger partial charge in [0, 0.05) is 36.3 Å². The molecule has 0 amide bonds. The van der Waals surface area contributed by atoms with E-state index < -0.39 is 5.60 Å². The number of carbonyl (C=O) groups excluding carboxylic acids is 1. The second-order valence-electron chi connectivity index (χ2n) is 10.2. The van der Waals surface area contributed by atoms with Crippen LogP contribution in [0.15, 0.2) is 60.7 Å². The number of para-hydroxylation sites is 1. The number of morpholine rings is 1. The minimum Gasteiger partial charge on any atom is -0.489 e. The van der Waals surface area contributed by atoms with Crippen molar-refractivity contribution in [1.29, 1.82) is 0 Å². The number of benzene rings is 2. The van der Waals surface area contributed by atoms with Gasteiger partial charge in [0.05, 0.1) is 37.5 Å². The Bertz CT molecular complexity index is 1300. The van der Waals surface area contributed by atoms with E-state index in [9.17, 15) is 4.79 Å². The number of pyridine rings is 1. The van der Waals surface area contributed by atoms with Crippen molar-refractivity contribution in [1.82, 2.24) is 15.4 Å². The summed E-state index contributed by atoms with van der Waals surface area (Å²) in [6, 6.07) is 18.1. The van der Waals surface area contributed by atoms with Crippen LogP contribution < -0.4 is 10.2 Å². The Kier molecular flexibility index (Phi) is 8.76. The second-order valence-corrected chi connectivity index (χ2v) is 10.2. The van der Waals surface area contributed by atoms with Gasteiger partial charge in [0.15, 0.2) is 0 Å². The number of rotatable bonds is 11.